The fraction of sp³-hybridized carbons (Fsp3) is 0.273. The molecule has 7 nitrogen and oxygen atoms in total. The van der Waals surface area contributed by atoms with Gasteiger partial charge in [0.25, 0.3) is 11.8 Å². The Morgan fingerprint density at radius 2 is 1.66 bits per heavy atom. The van der Waals surface area contributed by atoms with Crippen molar-refractivity contribution in [3.63, 3.8) is 0 Å². The lowest BCUT2D eigenvalue weighted by atomic mass is 10.1. The maximum atomic E-state index is 12.3. The molecule has 0 aromatic heterocycles. The zero-order chi connectivity index (χ0) is 21.0. The monoisotopic (exact) mass is 394 g/mol. The maximum Gasteiger partial charge on any atom is 0.338 e. The smallest absolute Gasteiger partial charge is 0.338 e. The van der Waals surface area contributed by atoms with E-state index >= 15 is 0 Å². The van der Waals surface area contributed by atoms with Crippen molar-refractivity contribution in [3.8, 4) is 0 Å². The van der Waals surface area contributed by atoms with Crippen molar-refractivity contribution in [2.75, 3.05) is 18.5 Å². The number of imide groups is 1. The number of nitrogens with one attached hydrogen (secondary N) is 1. The lowest BCUT2D eigenvalue weighted by Crippen LogP contribution is -2.31. The average molecular weight is 394 g/mol. The van der Waals surface area contributed by atoms with Gasteiger partial charge in [-0.15, -0.1) is 0 Å². The quantitative estimate of drug-likeness (QED) is 0.575. The predicted molar refractivity (Wildman–Crippen MR) is 107 cm³/mol. The van der Waals surface area contributed by atoms with Crippen LogP contribution in [0.15, 0.2) is 42.5 Å². The first-order valence-corrected chi connectivity index (χ1v) is 9.45. The molecule has 29 heavy (non-hydrogen) atoms. The number of anilines is 1. The third-order valence-electron chi connectivity index (χ3n) is 4.77. The van der Waals surface area contributed by atoms with E-state index in [2.05, 4.69) is 5.32 Å². The highest BCUT2D eigenvalue weighted by molar-refractivity contribution is 6.21. The van der Waals surface area contributed by atoms with Gasteiger partial charge in [-0.2, -0.15) is 0 Å². The van der Waals surface area contributed by atoms with Crippen LogP contribution in [0, 0.1) is 6.92 Å². The number of hydrogen-bond acceptors (Lipinski definition) is 5. The van der Waals surface area contributed by atoms with Crippen LogP contribution in [0.1, 0.15) is 56.4 Å². The Labute approximate surface area is 168 Å². The van der Waals surface area contributed by atoms with Crippen molar-refractivity contribution in [1.29, 1.82) is 0 Å². The van der Waals surface area contributed by atoms with Gasteiger partial charge in [0.15, 0.2) is 0 Å². The van der Waals surface area contributed by atoms with Gasteiger partial charge in [0.05, 0.1) is 23.3 Å². The Balaban J connectivity index is 1.56. The molecular formula is C22H22N2O5. The van der Waals surface area contributed by atoms with Gasteiger partial charge in [-0.05, 0) is 50.1 Å². The van der Waals surface area contributed by atoms with E-state index in [1.165, 1.54) is 4.90 Å². The molecule has 3 amide bonds. The van der Waals surface area contributed by atoms with Gasteiger partial charge in [-0.3, -0.25) is 19.3 Å². The van der Waals surface area contributed by atoms with E-state index < -0.39 is 5.97 Å². The third-order valence-corrected chi connectivity index (χ3v) is 4.77. The Bertz CT molecular complexity index is 948. The van der Waals surface area contributed by atoms with Gasteiger partial charge in [0.1, 0.15) is 0 Å². The molecule has 7 heteroatoms. The van der Waals surface area contributed by atoms with Crippen LogP contribution >= 0.6 is 0 Å². The minimum atomic E-state index is -0.438. The molecule has 1 aliphatic rings. The molecule has 2 aromatic rings. The minimum absolute atomic E-state index is 0.135. The Kier molecular flexibility index (Phi) is 6.07. The Hall–Kier alpha value is -3.48. The molecule has 0 spiro atoms. The van der Waals surface area contributed by atoms with E-state index in [-0.39, 0.29) is 37.3 Å². The zero-order valence-corrected chi connectivity index (χ0v) is 16.4. The van der Waals surface area contributed by atoms with Crippen molar-refractivity contribution >= 4 is 29.4 Å². The molecular weight excluding hydrogens is 372 g/mol. The lowest BCUT2D eigenvalue weighted by molar-refractivity contribution is -0.116. The minimum Gasteiger partial charge on any atom is -0.462 e. The summed E-state index contributed by atoms with van der Waals surface area (Å²) in [6, 6.07) is 11.7. The first kappa shape index (κ1) is 20.3. The third kappa shape index (κ3) is 4.18. The summed E-state index contributed by atoms with van der Waals surface area (Å²) < 4.78 is 5.02. The van der Waals surface area contributed by atoms with Crippen LogP contribution in [-0.2, 0) is 9.53 Å². The lowest BCUT2D eigenvalue weighted by Gasteiger charge is -2.14. The number of rotatable bonds is 7. The van der Waals surface area contributed by atoms with Gasteiger partial charge in [-0.25, -0.2) is 4.79 Å². The Morgan fingerprint density at radius 1 is 1.00 bits per heavy atom. The summed E-state index contributed by atoms with van der Waals surface area (Å²) >= 11 is 0. The second kappa shape index (κ2) is 8.68. The fourth-order valence-corrected chi connectivity index (χ4v) is 3.25. The summed E-state index contributed by atoms with van der Waals surface area (Å²) in [5.74, 6) is -1.36. The molecule has 0 unspecified atom stereocenters. The maximum absolute atomic E-state index is 12.3. The van der Waals surface area contributed by atoms with Crippen LogP contribution in [0.5, 0.6) is 0 Å². The largest absolute Gasteiger partial charge is 0.462 e. The molecule has 3 rings (SSSR count). The summed E-state index contributed by atoms with van der Waals surface area (Å²) in [6.45, 7) is 3.90. The van der Waals surface area contributed by atoms with Crippen LogP contribution < -0.4 is 5.32 Å². The van der Waals surface area contributed by atoms with Crippen LogP contribution in [0.2, 0.25) is 0 Å². The van der Waals surface area contributed by atoms with Gasteiger partial charge in [-0.1, -0.05) is 18.2 Å². The van der Waals surface area contributed by atoms with Crippen molar-refractivity contribution < 1.29 is 23.9 Å². The standard InChI is InChI=1S/C22H22N2O5/c1-3-29-22(28)15-10-6-11-18(14(15)2)23-19(25)12-7-13-24-20(26)16-8-4-5-9-17(16)21(24)27/h4-6,8-11H,3,7,12-13H2,1-2H3,(H,23,25). The van der Waals surface area contributed by atoms with Gasteiger partial charge in [0.2, 0.25) is 5.91 Å². The van der Waals surface area contributed by atoms with Gasteiger partial charge < -0.3 is 10.1 Å². The number of carbonyl (C=O) groups excluding carboxylic acids is 4. The van der Waals surface area contributed by atoms with E-state index in [1.807, 2.05) is 0 Å². The first-order chi connectivity index (χ1) is 13.9. The van der Waals surface area contributed by atoms with Crippen LogP contribution in [-0.4, -0.2) is 41.7 Å². The SMILES string of the molecule is CCOC(=O)c1cccc(NC(=O)CCCN2C(=O)c3ccccc3C2=O)c1C. The number of esters is 1. The number of hydrogen-bond donors (Lipinski definition) is 1. The van der Waals surface area contributed by atoms with E-state index in [0.717, 1.165) is 0 Å². The second-order valence-corrected chi connectivity index (χ2v) is 6.66. The predicted octanol–water partition coefficient (Wildman–Crippen LogP) is 3.19. The molecule has 0 radical (unpaired) electrons. The number of carbonyl (C=O) groups is 4. The van der Waals surface area contributed by atoms with Crippen LogP contribution in [0.4, 0.5) is 5.69 Å². The number of fused-ring (bicyclic) bond motifs is 1. The van der Waals surface area contributed by atoms with Crippen LogP contribution in [0.25, 0.3) is 0 Å². The number of nitrogens with zero attached hydrogens (tertiary/aromatic N) is 1. The van der Waals surface area contributed by atoms with Crippen molar-refractivity contribution in [3.05, 3.63) is 64.7 Å². The van der Waals surface area contributed by atoms with Crippen LogP contribution in [0.3, 0.4) is 0 Å². The molecule has 0 saturated carbocycles. The molecule has 150 valence electrons. The molecule has 0 fully saturated rings. The van der Waals surface area contributed by atoms with Gasteiger partial charge in [0, 0.05) is 18.7 Å². The Morgan fingerprint density at radius 3 is 2.28 bits per heavy atom. The normalized spacial score (nSPS) is 12.7. The topological polar surface area (TPSA) is 92.8 Å². The van der Waals surface area contributed by atoms with E-state index in [1.54, 1.807) is 56.3 Å². The number of amides is 3. The summed E-state index contributed by atoms with van der Waals surface area (Å²) in [7, 11) is 0. The average Bonchev–Trinajstić information content (AvgIpc) is 2.95. The molecule has 0 saturated heterocycles. The number of ether oxygens (including phenoxy) is 1. The number of benzene rings is 2. The summed E-state index contributed by atoms with van der Waals surface area (Å²) in [6.07, 6.45) is 0.477. The summed E-state index contributed by atoms with van der Waals surface area (Å²) in [5.41, 5.74) is 2.35. The summed E-state index contributed by atoms with van der Waals surface area (Å²) in [4.78, 5) is 50.1. The molecule has 0 atom stereocenters. The van der Waals surface area contributed by atoms with E-state index in [9.17, 15) is 19.2 Å². The van der Waals surface area contributed by atoms with E-state index in [0.29, 0.717) is 34.4 Å². The highest BCUT2D eigenvalue weighted by Crippen LogP contribution is 2.23. The fourth-order valence-electron chi connectivity index (χ4n) is 3.25. The molecule has 0 bridgehead atoms. The van der Waals surface area contributed by atoms with E-state index in [4.69, 9.17) is 4.74 Å². The highest BCUT2D eigenvalue weighted by Gasteiger charge is 2.34. The zero-order valence-electron chi connectivity index (χ0n) is 16.4. The van der Waals surface area contributed by atoms with Crippen molar-refractivity contribution in [2.24, 2.45) is 0 Å². The van der Waals surface area contributed by atoms with Gasteiger partial charge >= 0.3 is 5.97 Å². The molecule has 2 aromatic carbocycles. The molecule has 1 N–H and O–H groups in total. The first-order valence-electron chi connectivity index (χ1n) is 9.45. The second-order valence-electron chi connectivity index (χ2n) is 6.66. The molecule has 1 aliphatic heterocycles. The van der Waals surface area contributed by atoms with Crippen molar-refractivity contribution in [1.82, 2.24) is 4.90 Å². The molecule has 0 aliphatic carbocycles. The summed E-state index contributed by atoms with van der Waals surface area (Å²) in [5, 5.41) is 2.78. The molecule has 1 heterocycles. The highest BCUT2D eigenvalue weighted by atomic mass is 16.5. The van der Waals surface area contributed by atoms with Crippen molar-refractivity contribution in [2.45, 2.75) is 26.7 Å².